The summed E-state index contributed by atoms with van der Waals surface area (Å²) < 4.78 is 40.4. The van der Waals surface area contributed by atoms with Crippen LogP contribution < -0.4 is 31.7 Å². The molecule has 4 aromatic carbocycles. The number of aromatic hydroxyl groups is 1. The van der Waals surface area contributed by atoms with Crippen LogP contribution in [0.5, 0.6) is 11.5 Å². The molecule has 0 aliphatic rings. The van der Waals surface area contributed by atoms with E-state index in [4.69, 9.17) is 14.9 Å². The Hall–Kier alpha value is -5.81. The van der Waals surface area contributed by atoms with E-state index in [0.29, 0.717) is 58.8 Å². The van der Waals surface area contributed by atoms with Crippen LogP contribution in [-0.2, 0) is 19.1 Å². The monoisotopic (exact) mass is 882 g/mol. The minimum atomic E-state index is -4.14. The van der Waals surface area contributed by atoms with Crippen molar-refractivity contribution in [2.45, 2.75) is 87.4 Å². The molecule has 16 heteroatoms. The highest BCUT2D eigenvalue weighted by Crippen LogP contribution is 2.41. The van der Waals surface area contributed by atoms with E-state index in [9.17, 15) is 27.9 Å². The summed E-state index contributed by atoms with van der Waals surface area (Å²) in [4.78, 5) is 41.2. The van der Waals surface area contributed by atoms with Crippen LogP contribution in [0.3, 0.4) is 0 Å². The number of anilines is 3. The van der Waals surface area contributed by atoms with Gasteiger partial charge in [0.2, 0.25) is 16.2 Å². The Morgan fingerprint density at radius 1 is 0.935 bits per heavy atom. The lowest BCUT2D eigenvalue weighted by Gasteiger charge is -2.39. The van der Waals surface area contributed by atoms with Gasteiger partial charge in [-0.3, -0.25) is 19.4 Å². The van der Waals surface area contributed by atoms with Crippen molar-refractivity contribution in [3.63, 3.8) is 0 Å². The van der Waals surface area contributed by atoms with Gasteiger partial charge in [0, 0.05) is 42.0 Å². The van der Waals surface area contributed by atoms with Gasteiger partial charge in [-0.05, 0) is 110 Å². The first kappa shape index (κ1) is 47.2. The number of phenols is 1. The van der Waals surface area contributed by atoms with Gasteiger partial charge in [0.15, 0.2) is 8.32 Å². The second-order valence-electron chi connectivity index (χ2n) is 16.7. The van der Waals surface area contributed by atoms with Crippen LogP contribution in [0.4, 0.5) is 17.1 Å². The van der Waals surface area contributed by atoms with E-state index in [0.717, 1.165) is 37.8 Å². The second kappa shape index (κ2) is 20.4. The van der Waals surface area contributed by atoms with Gasteiger partial charge < -0.3 is 41.3 Å². The number of nitrogens with two attached hydrogens (primary N) is 1. The molecular formula is C46H58N6O8SSi. The third-order valence-corrected chi connectivity index (χ3v) is 17.4. The number of fused-ring (bicyclic) bond motifs is 1. The van der Waals surface area contributed by atoms with Gasteiger partial charge in [-0.1, -0.05) is 51.8 Å². The maximum Gasteiger partial charge on any atom is 0.252 e. The number of nitrogens with zero attached hydrogens (tertiary/aromatic N) is 1. The maximum absolute atomic E-state index is 14.1. The smallest absolute Gasteiger partial charge is 0.252 e. The molecule has 0 radical (unpaired) electrons. The summed E-state index contributed by atoms with van der Waals surface area (Å²) in [6, 6.07) is 21.1. The lowest BCUT2D eigenvalue weighted by atomic mass is 10.1. The minimum absolute atomic E-state index is 0.0137. The van der Waals surface area contributed by atoms with Crippen molar-refractivity contribution >= 4 is 64.3 Å². The SMILES string of the molecule is COc1cccc(Nc2c(C(N)=O)cnc3c(C)cc(S(=O)(=O)c4cccc(C(=O)NCCCCCCNC[C@H](O[Si](C)(C)C(C)(C)C)c5ccc(O)c(NC=O)c5)c4)cc23)c1. The van der Waals surface area contributed by atoms with Gasteiger partial charge in [0.1, 0.15) is 11.5 Å². The lowest BCUT2D eigenvalue weighted by Crippen LogP contribution is -2.43. The average Bonchev–Trinajstić information content (AvgIpc) is 3.23. The molecule has 0 unspecified atom stereocenters. The van der Waals surface area contributed by atoms with Crippen LogP contribution in [0.25, 0.3) is 10.9 Å². The number of unbranched alkanes of at least 4 members (excludes halogenated alkanes) is 3. The first-order chi connectivity index (χ1) is 29.4. The van der Waals surface area contributed by atoms with Crippen LogP contribution in [0, 0.1) is 6.92 Å². The third kappa shape index (κ3) is 11.6. The molecule has 0 saturated carbocycles. The fraction of sp³-hybridized carbons (Fsp3) is 0.348. The molecule has 1 heterocycles. The lowest BCUT2D eigenvalue weighted by molar-refractivity contribution is -0.105. The predicted octanol–water partition coefficient (Wildman–Crippen LogP) is 8.14. The summed E-state index contributed by atoms with van der Waals surface area (Å²) >= 11 is 0. The first-order valence-corrected chi connectivity index (χ1v) is 24.9. The zero-order valence-electron chi connectivity index (χ0n) is 36.4. The molecule has 0 saturated heterocycles. The third-order valence-electron chi connectivity index (χ3n) is 11.2. The van der Waals surface area contributed by atoms with Crippen LogP contribution in [0.1, 0.15) is 84.4 Å². The van der Waals surface area contributed by atoms with E-state index in [2.05, 4.69) is 60.1 Å². The van der Waals surface area contributed by atoms with Gasteiger partial charge in [0.05, 0.1) is 45.5 Å². The van der Waals surface area contributed by atoms with Crippen molar-refractivity contribution < 1.29 is 37.1 Å². The van der Waals surface area contributed by atoms with Gasteiger partial charge >= 0.3 is 0 Å². The molecule has 62 heavy (non-hydrogen) atoms. The number of phenolic OH excluding ortho intramolecular Hbond substituents is 1. The van der Waals surface area contributed by atoms with Crippen molar-refractivity contribution in [3.8, 4) is 11.5 Å². The standard InChI is InChI=1S/C46H58N6O8SSi/c1-30-22-36(26-37-42(30)50-27-38(44(47)55)43(37)52-33-15-13-16-34(25-33)59-5)61(57,58)35-17-12-14-32(23-35)45(56)49-21-11-9-8-10-20-48-28-41(60-62(6,7)46(2,3)4)31-18-19-40(54)39(24-31)51-29-53/h12-19,22-27,29,41,48,54H,8-11,20-21,28H2,1-7H3,(H2,47,55)(H,49,56)(H,50,52)(H,51,53)/t41-/m0/s1. The molecule has 7 N–H and O–H groups in total. The minimum Gasteiger partial charge on any atom is -0.506 e. The van der Waals surface area contributed by atoms with E-state index in [1.54, 1.807) is 49.4 Å². The number of hydrogen-bond donors (Lipinski definition) is 6. The van der Waals surface area contributed by atoms with Crippen molar-refractivity contribution in [3.05, 3.63) is 107 Å². The summed E-state index contributed by atoms with van der Waals surface area (Å²) in [6.07, 6.45) is 5.07. The molecule has 14 nitrogen and oxygen atoms in total. The number of aromatic nitrogens is 1. The number of nitrogens with one attached hydrogen (secondary N) is 4. The van der Waals surface area contributed by atoms with Crippen molar-refractivity contribution in [1.29, 1.82) is 0 Å². The molecule has 3 amide bonds. The van der Waals surface area contributed by atoms with Gasteiger partial charge in [-0.2, -0.15) is 0 Å². The molecule has 1 aromatic heterocycles. The number of ether oxygens (including phenoxy) is 1. The predicted molar refractivity (Wildman–Crippen MR) is 246 cm³/mol. The number of amides is 3. The van der Waals surface area contributed by atoms with Crippen LogP contribution in [-0.4, -0.2) is 71.8 Å². The van der Waals surface area contributed by atoms with Gasteiger partial charge in [0.25, 0.3) is 11.8 Å². The van der Waals surface area contributed by atoms with Crippen LogP contribution in [0.15, 0.2) is 94.9 Å². The number of primary amides is 1. The Labute approximate surface area is 365 Å². The van der Waals surface area contributed by atoms with E-state index >= 15 is 0 Å². The van der Waals surface area contributed by atoms with Crippen LogP contribution >= 0.6 is 0 Å². The van der Waals surface area contributed by atoms with Crippen molar-refractivity contribution in [2.24, 2.45) is 5.73 Å². The number of pyridine rings is 1. The highest BCUT2D eigenvalue weighted by Gasteiger charge is 2.39. The molecule has 330 valence electrons. The Balaban J connectivity index is 1.18. The molecule has 0 bridgehead atoms. The quantitative estimate of drug-likeness (QED) is 0.0179. The number of aryl methyl sites for hydroxylation is 1. The number of hydrogen-bond acceptors (Lipinski definition) is 11. The Morgan fingerprint density at radius 2 is 1.66 bits per heavy atom. The highest BCUT2D eigenvalue weighted by atomic mass is 32.2. The Kier molecular flexibility index (Phi) is 15.5. The molecule has 5 rings (SSSR count). The molecule has 5 aromatic rings. The molecule has 0 aliphatic heterocycles. The largest absolute Gasteiger partial charge is 0.506 e. The molecular weight excluding hydrogens is 825 g/mol. The molecule has 1 atom stereocenters. The highest BCUT2D eigenvalue weighted by molar-refractivity contribution is 7.91. The van der Waals surface area contributed by atoms with Crippen molar-refractivity contribution in [1.82, 2.24) is 15.6 Å². The number of carbonyl (C=O) groups excluding carboxylic acids is 3. The van der Waals surface area contributed by atoms with Gasteiger partial charge in [-0.15, -0.1) is 0 Å². The Bertz CT molecular complexity index is 2530. The van der Waals surface area contributed by atoms with Crippen molar-refractivity contribution in [2.75, 3.05) is 37.4 Å². The molecule has 0 aliphatic carbocycles. The van der Waals surface area contributed by atoms with E-state index < -0.39 is 24.1 Å². The van der Waals surface area contributed by atoms with Crippen LogP contribution in [0.2, 0.25) is 18.1 Å². The summed E-state index contributed by atoms with van der Waals surface area (Å²) in [7, 11) is -4.76. The second-order valence-corrected chi connectivity index (χ2v) is 23.4. The molecule has 0 spiro atoms. The summed E-state index contributed by atoms with van der Waals surface area (Å²) in [5, 5.41) is 22.8. The number of rotatable bonds is 21. The number of carbonyl (C=O) groups is 3. The number of sulfone groups is 1. The van der Waals surface area contributed by atoms with E-state index in [1.165, 1.54) is 43.6 Å². The maximum atomic E-state index is 14.1. The average molecular weight is 883 g/mol. The topological polar surface area (TPSA) is 211 Å². The molecule has 0 fully saturated rings. The fourth-order valence-electron chi connectivity index (χ4n) is 6.67. The van der Waals surface area contributed by atoms with E-state index in [-0.39, 0.29) is 43.7 Å². The zero-order chi connectivity index (χ0) is 45.2. The summed E-state index contributed by atoms with van der Waals surface area (Å²) in [6.45, 7) is 14.4. The number of benzene rings is 4. The number of methoxy groups -OCH3 is 1. The summed E-state index contributed by atoms with van der Waals surface area (Å²) in [5.74, 6) is -0.558. The van der Waals surface area contributed by atoms with E-state index in [1.807, 2.05) is 6.07 Å². The Morgan fingerprint density at radius 3 is 2.35 bits per heavy atom. The zero-order valence-corrected chi connectivity index (χ0v) is 38.2. The first-order valence-electron chi connectivity index (χ1n) is 20.6. The van der Waals surface area contributed by atoms with Gasteiger partial charge in [-0.25, -0.2) is 8.42 Å². The summed E-state index contributed by atoms with van der Waals surface area (Å²) in [5.41, 5.74) is 9.15. The fourth-order valence-corrected chi connectivity index (χ4v) is 9.37. The normalized spacial score (nSPS) is 12.4.